The minimum atomic E-state index is -4.67. The molecule has 1 N–H and O–H groups in total. The van der Waals surface area contributed by atoms with Crippen LogP contribution in [0.2, 0.25) is 0 Å². The summed E-state index contributed by atoms with van der Waals surface area (Å²) in [5.41, 5.74) is 0.000477. The van der Waals surface area contributed by atoms with E-state index in [1.807, 2.05) is 13.8 Å². The van der Waals surface area contributed by atoms with Crippen LogP contribution in [0.1, 0.15) is 53.0 Å². The Morgan fingerprint density at radius 2 is 1.59 bits per heavy atom. The average Bonchev–Trinajstić information content (AvgIpc) is 3.18. The first-order valence-corrected chi connectivity index (χ1v) is 10.2. The zero-order chi connectivity index (χ0) is 24.1. The van der Waals surface area contributed by atoms with Crippen molar-refractivity contribution < 1.29 is 39.8 Å². The van der Waals surface area contributed by atoms with E-state index in [0.29, 0.717) is 18.9 Å². The van der Waals surface area contributed by atoms with E-state index in [4.69, 9.17) is 0 Å². The van der Waals surface area contributed by atoms with Crippen molar-refractivity contribution >= 4 is 28.3 Å². The van der Waals surface area contributed by atoms with Crippen LogP contribution in [0.3, 0.4) is 0 Å². The van der Waals surface area contributed by atoms with E-state index >= 15 is 0 Å². The molecule has 2 amide bonds. The van der Waals surface area contributed by atoms with Crippen LogP contribution in [-0.4, -0.2) is 22.8 Å². The summed E-state index contributed by atoms with van der Waals surface area (Å²) in [6, 6.07) is 6.48. The molecular formula is C23H18CuF3N3O4+2. The number of benzene rings is 2. The number of anilines is 1. The summed E-state index contributed by atoms with van der Waals surface area (Å²) in [6.07, 6.45) is -3.52. The molecule has 0 bridgehead atoms. The van der Waals surface area contributed by atoms with Gasteiger partial charge >= 0.3 is 23.2 Å². The first-order chi connectivity index (χ1) is 15.6. The number of rotatable bonds is 5. The molecule has 0 atom stereocenters. The van der Waals surface area contributed by atoms with Gasteiger partial charge in [0.05, 0.1) is 22.4 Å². The number of fused-ring (bicyclic) bond motifs is 2. The third-order valence-electron chi connectivity index (χ3n) is 5.81. The van der Waals surface area contributed by atoms with E-state index in [2.05, 4.69) is 10.5 Å². The Labute approximate surface area is 201 Å². The number of halogens is 3. The number of carbonyl (C=O) groups excluding carboxylic acids is 2. The molecule has 34 heavy (non-hydrogen) atoms. The van der Waals surface area contributed by atoms with Crippen molar-refractivity contribution in [2.45, 2.75) is 38.9 Å². The fourth-order valence-electron chi connectivity index (χ4n) is 4.06. The maximum atomic E-state index is 13.0. The minimum absolute atomic E-state index is 0. The largest absolute Gasteiger partial charge is 2.00 e. The fraction of sp³-hybridized carbons (Fsp3) is 0.261. The molecule has 179 valence electrons. The minimum Gasteiger partial charge on any atom is -0.287 e. The van der Waals surface area contributed by atoms with Crippen molar-refractivity contribution in [1.82, 2.24) is 4.90 Å². The molecule has 1 heterocycles. The summed E-state index contributed by atoms with van der Waals surface area (Å²) in [5.74, 6) is -0.964. The van der Waals surface area contributed by atoms with Crippen molar-refractivity contribution in [2.75, 3.05) is 5.43 Å². The average molecular weight is 521 g/mol. The van der Waals surface area contributed by atoms with Crippen LogP contribution in [0.5, 0.6) is 0 Å². The molecule has 1 aliphatic heterocycles. The number of amides is 2. The molecule has 1 aliphatic rings. The SMILES string of the molecule is CCC(CC)N1C(=O)c2cccc(NN=c3c(=O)c4ccc(C(F)(F)F)cc4c3=O)c2C1=O.[Cu+2]. The third kappa shape index (κ3) is 3.95. The number of hydrogen-bond acceptors (Lipinski definition) is 6. The van der Waals surface area contributed by atoms with Gasteiger partial charge in [-0.3, -0.25) is 29.5 Å². The van der Waals surface area contributed by atoms with Gasteiger partial charge in [0.15, 0.2) is 5.36 Å². The number of nitrogens with one attached hydrogen (secondary N) is 1. The molecule has 0 unspecified atom stereocenters. The van der Waals surface area contributed by atoms with Gasteiger partial charge in [-0.15, -0.1) is 0 Å². The second-order valence-electron chi connectivity index (χ2n) is 7.67. The fourth-order valence-corrected chi connectivity index (χ4v) is 4.06. The van der Waals surface area contributed by atoms with E-state index in [0.717, 1.165) is 12.1 Å². The Morgan fingerprint density at radius 1 is 0.941 bits per heavy atom. The summed E-state index contributed by atoms with van der Waals surface area (Å²) in [4.78, 5) is 52.1. The van der Waals surface area contributed by atoms with Crippen molar-refractivity contribution in [2.24, 2.45) is 5.10 Å². The summed E-state index contributed by atoms with van der Waals surface area (Å²) in [6.45, 7) is 3.73. The van der Waals surface area contributed by atoms with Gasteiger partial charge in [-0.2, -0.15) is 18.3 Å². The van der Waals surface area contributed by atoms with Crippen molar-refractivity contribution in [3.63, 3.8) is 0 Å². The number of alkyl halides is 3. The quantitative estimate of drug-likeness (QED) is 0.317. The van der Waals surface area contributed by atoms with Crippen molar-refractivity contribution in [3.8, 4) is 0 Å². The molecule has 4 rings (SSSR count). The summed E-state index contributed by atoms with van der Waals surface area (Å²) in [7, 11) is 0. The molecule has 3 aromatic rings. The second kappa shape index (κ2) is 9.15. The predicted octanol–water partition coefficient (Wildman–Crippen LogP) is 3.16. The van der Waals surface area contributed by atoms with Crippen LogP contribution in [-0.2, 0) is 23.2 Å². The van der Waals surface area contributed by atoms with Gasteiger partial charge < -0.3 is 0 Å². The van der Waals surface area contributed by atoms with Crippen LogP contribution in [0, 0.1) is 0 Å². The van der Waals surface area contributed by atoms with Crippen LogP contribution in [0.15, 0.2) is 51.1 Å². The molecule has 0 saturated heterocycles. The molecule has 7 nitrogen and oxygen atoms in total. The van der Waals surface area contributed by atoms with E-state index in [1.54, 1.807) is 0 Å². The maximum Gasteiger partial charge on any atom is 2.00 e. The standard InChI is InChI=1S/C23H18F3N3O4.Cu/c1-3-12(4-2)29-21(32)14-6-5-7-16(17(14)22(29)33)27-28-18-19(30)13-9-8-11(23(24,25)26)10-15(13)20(18)31;/h5-10,12,27H,3-4H2,1-2H3;/q;+2. The van der Waals surface area contributed by atoms with E-state index in [1.165, 1.54) is 23.1 Å². The second-order valence-corrected chi connectivity index (χ2v) is 7.67. The van der Waals surface area contributed by atoms with Gasteiger partial charge in [0, 0.05) is 16.8 Å². The molecule has 0 saturated carbocycles. The molecule has 1 radical (unpaired) electrons. The van der Waals surface area contributed by atoms with Gasteiger partial charge in [-0.1, -0.05) is 19.9 Å². The molecule has 0 fully saturated rings. The van der Waals surface area contributed by atoms with Crippen LogP contribution < -0.4 is 21.6 Å². The van der Waals surface area contributed by atoms with E-state index < -0.39 is 39.8 Å². The molecule has 0 spiro atoms. The first-order valence-electron chi connectivity index (χ1n) is 10.2. The van der Waals surface area contributed by atoms with Gasteiger partial charge in [-0.25, -0.2) is 0 Å². The van der Waals surface area contributed by atoms with Crippen LogP contribution in [0.25, 0.3) is 10.8 Å². The smallest absolute Gasteiger partial charge is 0.287 e. The number of carbonyl (C=O) groups is 2. The van der Waals surface area contributed by atoms with Gasteiger partial charge in [0.2, 0.25) is 10.9 Å². The molecule has 0 aromatic heterocycles. The Bertz CT molecular complexity index is 1460. The topological polar surface area (TPSA) is 95.9 Å². The zero-order valence-corrected chi connectivity index (χ0v) is 18.9. The van der Waals surface area contributed by atoms with Crippen LogP contribution in [0.4, 0.5) is 18.9 Å². The molecule has 11 heteroatoms. The summed E-state index contributed by atoms with van der Waals surface area (Å²) >= 11 is 0. The van der Waals surface area contributed by atoms with Crippen molar-refractivity contribution in [3.05, 3.63) is 78.9 Å². The predicted molar refractivity (Wildman–Crippen MR) is 114 cm³/mol. The molecular weight excluding hydrogens is 503 g/mol. The Kier molecular flexibility index (Phi) is 6.82. The maximum absolute atomic E-state index is 13.0. The van der Waals surface area contributed by atoms with Crippen LogP contribution >= 0.6 is 0 Å². The van der Waals surface area contributed by atoms with Crippen molar-refractivity contribution in [1.29, 1.82) is 0 Å². The normalized spacial score (nSPS) is 14.2. The first kappa shape index (κ1) is 25.3. The number of hydrogen-bond donors (Lipinski definition) is 1. The Hall–Kier alpha value is -3.30. The number of imide groups is 1. The monoisotopic (exact) mass is 520 g/mol. The Balaban J connectivity index is 0.00000324. The van der Waals surface area contributed by atoms with Gasteiger partial charge in [-0.05, 0) is 43.2 Å². The third-order valence-corrected chi connectivity index (χ3v) is 5.81. The zero-order valence-electron chi connectivity index (χ0n) is 17.9. The van der Waals surface area contributed by atoms with E-state index in [-0.39, 0.29) is 50.7 Å². The molecule has 3 aromatic carbocycles. The van der Waals surface area contributed by atoms with Gasteiger partial charge in [0.1, 0.15) is 0 Å². The summed E-state index contributed by atoms with van der Waals surface area (Å²) < 4.78 is 38.9. The Morgan fingerprint density at radius 3 is 2.21 bits per heavy atom. The summed E-state index contributed by atoms with van der Waals surface area (Å²) in [5, 5.41) is 2.64. The van der Waals surface area contributed by atoms with Gasteiger partial charge in [0.25, 0.3) is 11.8 Å². The molecule has 0 aliphatic carbocycles. The number of nitrogens with zero attached hydrogens (tertiary/aromatic N) is 2. The van der Waals surface area contributed by atoms with E-state index in [9.17, 15) is 32.3 Å².